The molecule has 72 valence electrons. The number of hydrogen-bond donors (Lipinski definition) is 0. The molecular weight excluding hydrogens is 180 g/mol. The normalized spacial score (nSPS) is 20.8. The molecule has 0 saturated carbocycles. The summed E-state index contributed by atoms with van der Waals surface area (Å²) in [7, 11) is 1.74. The Labute approximate surface area is 81.8 Å². The Morgan fingerprint density at radius 3 is 2.71 bits per heavy atom. The van der Waals surface area contributed by atoms with E-state index in [0.29, 0.717) is 0 Å². The van der Waals surface area contributed by atoms with Crippen molar-refractivity contribution in [2.75, 3.05) is 7.05 Å². The van der Waals surface area contributed by atoms with Gasteiger partial charge in [-0.2, -0.15) is 0 Å². The predicted octanol–water partition coefficient (Wildman–Crippen LogP) is 1.16. The van der Waals surface area contributed by atoms with Crippen LogP contribution in [0.25, 0.3) is 0 Å². The van der Waals surface area contributed by atoms with Crippen LogP contribution in [0.4, 0.5) is 0 Å². The van der Waals surface area contributed by atoms with Crippen LogP contribution in [0.15, 0.2) is 35.4 Å². The van der Waals surface area contributed by atoms with Gasteiger partial charge in [0.2, 0.25) is 6.40 Å². The van der Waals surface area contributed by atoms with Crippen molar-refractivity contribution in [3.63, 3.8) is 0 Å². The lowest BCUT2D eigenvalue weighted by Crippen LogP contribution is -2.32. The topological polar surface area (TPSA) is 41.9 Å². The number of hydrazone groups is 1. The average molecular weight is 190 g/mol. The molecule has 0 radical (unpaired) electrons. The summed E-state index contributed by atoms with van der Waals surface area (Å²) in [6.45, 7) is 0. The Balaban J connectivity index is 2.33. The summed E-state index contributed by atoms with van der Waals surface area (Å²) in [5.74, 6) is -0.297. The lowest BCUT2D eigenvalue weighted by molar-refractivity contribution is -0.143. The van der Waals surface area contributed by atoms with Crippen molar-refractivity contribution in [1.29, 1.82) is 0 Å². The van der Waals surface area contributed by atoms with Gasteiger partial charge in [0, 0.05) is 7.05 Å². The zero-order chi connectivity index (χ0) is 9.97. The number of esters is 1. The molecule has 1 atom stereocenters. The van der Waals surface area contributed by atoms with Gasteiger partial charge in [-0.05, 0) is 5.56 Å². The molecule has 0 amide bonds. The van der Waals surface area contributed by atoms with Crippen molar-refractivity contribution < 1.29 is 9.53 Å². The van der Waals surface area contributed by atoms with Gasteiger partial charge in [0.1, 0.15) is 0 Å². The fourth-order valence-electron chi connectivity index (χ4n) is 1.42. The summed E-state index contributed by atoms with van der Waals surface area (Å²) in [4.78, 5) is 11.5. The minimum Gasteiger partial charge on any atom is -0.411 e. The molecule has 1 aliphatic rings. The van der Waals surface area contributed by atoms with Gasteiger partial charge in [0.25, 0.3) is 0 Å². The molecule has 0 aromatic heterocycles. The number of rotatable bonds is 1. The molecule has 1 aromatic carbocycles. The largest absolute Gasteiger partial charge is 0.411 e. The first kappa shape index (κ1) is 8.74. The second kappa shape index (κ2) is 3.49. The smallest absolute Gasteiger partial charge is 0.341 e. The lowest BCUT2D eigenvalue weighted by atomic mass is 10.1. The van der Waals surface area contributed by atoms with Crippen LogP contribution in [0.5, 0.6) is 0 Å². The van der Waals surface area contributed by atoms with Crippen LogP contribution in [0.3, 0.4) is 0 Å². The number of hydrogen-bond acceptors (Lipinski definition) is 4. The van der Waals surface area contributed by atoms with Crippen LogP contribution >= 0.6 is 0 Å². The molecule has 2 rings (SSSR count). The molecule has 4 nitrogen and oxygen atoms in total. The number of likely N-dealkylation sites (N-methyl/N-ethyl adjacent to an activating group) is 1. The minimum absolute atomic E-state index is 0.297. The van der Waals surface area contributed by atoms with E-state index in [1.165, 1.54) is 0 Å². The quantitative estimate of drug-likeness (QED) is 0.624. The molecule has 0 aliphatic carbocycles. The molecule has 14 heavy (non-hydrogen) atoms. The van der Waals surface area contributed by atoms with E-state index in [4.69, 9.17) is 4.74 Å². The van der Waals surface area contributed by atoms with Gasteiger partial charge < -0.3 is 4.74 Å². The van der Waals surface area contributed by atoms with Gasteiger partial charge in [0.05, 0.1) is 0 Å². The highest BCUT2D eigenvalue weighted by Gasteiger charge is 2.28. The molecule has 0 fully saturated rings. The Morgan fingerprint density at radius 2 is 2.07 bits per heavy atom. The summed E-state index contributed by atoms with van der Waals surface area (Å²) in [6.07, 6.45) is 1.15. The fraction of sp³-hybridized carbons (Fsp3) is 0.200. The maximum Gasteiger partial charge on any atom is 0.341 e. The monoisotopic (exact) mass is 190 g/mol. The van der Waals surface area contributed by atoms with Gasteiger partial charge in [-0.15, -0.1) is 5.10 Å². The van der Waals surface area contributed by atoms with Crippen LogP contribution < -0.4 is 0 Å². The number of benzene rings is 1. The van der Waals surface area contributed by atoms with Gasteiger partial charge in [-0.1, -0.05) is 30.3 Å². The van der Waals surface area contributed by atoms with E-state index in [1.807, 2.05) is 30.3 Å². The molecule has 1 aromatic rings. The molecule has 1 aliphatic heterocycles. The second-order valence-electron chi connectivity index (χ2n) is 3.04. The van der Waals surface area contributed by atoms with Gasteiger partial charge in [0.15, 0.2) is 6.04 Å². The van der Waals surface area contributed by atoms with Crippen molar-refractivity contribution >= 4 is 12.4 Å². The molecule has 1 heterocycles. The lowest BCUT2D eigenvalue weighted by Gasteiger charge is -2.26. The van der Waals surface area contributed by atoms with Crippen molar-refractivity contribution in [3.8, 4) is 0 Å². The summed E-state index contributed by atoms with van der Waals surface area (Å²) < 4.78 is 4.74. The highest BCUT2D eigenvalue weighted by molar-refractivity contribution is 5.85. The fourth-order valence-corrected chi connectivity index (χ4v) is 1.42. The van der Waals surface area contributed by atoms with Crippen molar-refractivity contribution in [2.45, 2.75) is 6.04 Å². The van der Waals surface area contributed by atoms with Crippen LogP contribution in [-0.2, 0) is 9.53 Å². The standard InChI is InChI=1S/C10H10N2O2/c1-12-9(10(13)14-7-11-12)8-5-3-2-4-6-8/h2-7,9H,1H3/t9-/m1/s1. The summed E-state index contributed by atoms with van der Waals surface area (Å²) >= 11 is 0. The number of ether oxygens (including phenoxy) is 1. The van der Waals surface area contributed by atoms with E-state index in [0.717, 1.165) is 12.0 Å². The summed E-state index contributed by atoms with van der Waals surface area (Å²) in [6, 6.07) is 9.00. The molecule has 0 N–H and O–H groups in total. The summed E-state index contributed by atoms with van der Waals surface area (Å²) in [5.41, 5.74) is 0.886. The first-order valence-corrected chi connectivity index (χ1v) is 4.30. The van der Waals surface area contributed by atoms with E-state index >= 15 is 0 Å². The Kier molecular flexibility index (Phi) is 2.18. The SMILES string of the molecule is CN1N=COC(=O)[C@H]1c1ccccc1. The molecular formula is C10H10N2O2. The van der Waals surface area contributed by atoms with E-state index in [2.05, 4.69) is 5.10 Å². The van der Waals surface area contributed by atoms with E-state index in [-0.39, 0.29) is 5.97 Å². The minimum atomic E-state index is -0.429. The number of nitrogens with zero attached hydrogens (tertiary/aromatic N) is 2. The van der Waals surface area contributed by atoms with Gasteiger partial charge in [-0.3, -0.25) is 5.01 Å². The predicted molar refractivity (Wildman–Crippen MR) is 51.5 cm³/mol. The molecule has 0 spiro atoms. The first-order chi connectivity index (χ1) is 6.79. The van der Waals surface area contributed by atoms with Crippen LogP contribution in [-0.4, -0.2) is 24.4 Å². The highest BCUT2D eigenvalue weighted by Crippen LogP contribution is 2.22. The highest BCUT2D eigenvalue weighted by atomic mass is 16.5. The third kappa shape index (κ3) is 1.46. The van der Waals surface area contributed by atoms with Crippen LogP contribution in [0.2, 0.25) is 0 Å². The van der Waals surface area contributed by atoms with Crippen LogP contribution in [0.1, 0.15) is 11.6 Å². The Morgan fingerprint density at radius 1 is 1.36 bits per heavy atom. The molecule has 0 saturated heterocycles. The summed E-state index contributed by atoms with van der Waals surface area (Å²) in [5, 5.41) is 5.49. The number of carbonyl (C=O) groups is 1. The van der Waals surface area contributed by atoms with Crippen molar-refractivity contribution in [3.05, 3.63) is 35.9 Å². The third-order valence-corrected chi connectivity index (χ3v) is 2.11. The van der Waals surface area contributed by atoms with Gasteiger partial charge >= 0.3 is 5.97 Å². The average Bonchev–Trinajstić information content (AvgIpc) is 2.19. The van der Waals surface area contributed by atoms with E-state index in [1.54, 1.807) is 12.1 Å². The van der Waals surface area contributed by atoms with Gasteiger partial charge in [-0.25, -0.2) is 4.79 Å². The molecule has 4 heteroatoms. The molecule has 0 unspecified atom stereocenters. The van der Waals surface area contributed by atoms with Crippen molar-refractivity contribution in [1.82, 2.24) is 5.01 Å². The zero-order valence-corrected chi connectivity index (χ0v) is 7.75. The first-order valence-electron chi connectivity index (χ1n) is 4.30. The number of carbonyl (C=O) groups excluding carboxylic acids is 1. The maximum atomic E-state index is 11.5. The van der Waals surface area contributed by atoms with E-state index in [9.17, 15) is 4.79 Å². The zero-order valence-electron chi connectivity index (χ0n) is 7.75. The van der Waals surface area contributed by atoms with E-state index < -0.39 is 6.04 Å². The maximum absolute atomic E-state index is 11.5. The van der Waals surface area contributed by atoms with Crippen LogP contribution in [0, 0.1) is 0 Å². The third-order valence-electron chi connectivity index (χ3n) is 2.11. The number of cyclic esters (lactones) is 1. The van der Waals surface area contributed by atoms with Crippen molar-refractivity contribution in [2.24, 2.45) is 5.10 Å². The Hall–Kier alpha value is -1.84. The Bertz CT molecular complexity index is 362. The second-order valence-corrected chi connectivity index (χ2v) is 3.04. The molecule has 0 bridgehead atoms.